The molecule has 0 amide bonds. The zero-order valence-electron chi connectivity index (χ0n) is 11.6. The Morgan fingerprint density at radius 3 is 2.26 bits per heavy atom. The third-order valence-electron chi connectivity index (χ3n) is 2.35. The number of hydrogen-bond acceptors (Lipinski definition) is 7. The third-order valence-corrected chi connectivity index (χ3v) is 2.35. The molecule has 0 aliphatic rings. The number of aromatic nitrogens is 2. The highest BCUT2D eigenvalue weighted by Crippen LogP contribution is 2.27. The largest absolute Gasteiger partial charge is 0.480 e. The molecule has 0 saturated carbocycles. The van der Waals surface area contributed by atoms with Crippen molar-refractivity contribution in [1.82, 2.24) is 9.97 Å². The highest BCUT2D eigenvalue weighted by molar-refractivity contribution is 5.25. The van der Waals surface area contributed by atoms with E-state index in [1.807, 2.05) is 13.8 Å². The fraction of sp³-hybridized carbons (Fsp3) is 0.667. The zero-order valence-corrected chi connectivity index (χ0v) is 11.6. The van der Waals surface area contributed by atoms with Crippen molar-refractivity contribution >= 4 is 0 Å². The summed E-state index contributed by atoms with van der Waals surface area (Å²) in [7, 11) is 2.92. The fourth-order valence-electron chi connectivity index (χ4n) is 1.51. The Labute approximate surface area is 112 Å². The molecular weight excluding hydrogens is 252 g/mol. The highest BCUT2D eigenvalue weighted by Gasteiger charge is 2.27. The first-order valence-corrected chi connectivity index (χ1v) is 6.04. The quantitative estimate of drug-likeness (QED) is 0.705. The predicted octanol–water partition coefficient (Wildman–Crippen LogP) is 0.926. The van der Waals surface area contributed by atoms with Gasteiger partial charge in [0.15, 0.2) is 12.4 Å². The smallest absolute Gasteiger partial charge is 0.241 e. The Bertz CT molecular complexity index is 382. The van der Waals surface area contributed by atoms with Gasteiger partial charge in [0, 0.05) is 13.2 Å². The number of aliphatic hydroxyl groups excluding tert-OH is 1. The molecule has 0 bridgehead atoms. The molecule has 19 heavy (non-hydrogen) atoms. The summed E-state index contributed by atoms with van der Waals surface area (Å²) in [6, 6.07) is 0. The molecule has 1 atom stereocenters. The molecule has 0 aliphatic heterocycles. The lowest BCUT2D eigenvalue weighted by Crippen LogP contribution is -2.27. The Hall–Kier alpha value is -1.44. The van der Waals surface area contributed by atoms with Crippen LogP contribution in [0, 0.1) is 0 Å². The Balaban J connectivity index is 2.98. The lowest BCUT2D eigenvalue weighted by molar-refractivity contribution is -0.193. The van der Waals surface area contributed by atoms with Gasteiger partial charge in [-0.15, -0.1) is 0 Å². The van der Waals surface area contributed by atoms with E-state index in [4.69, 9.17) is 18.9 Å². The van der Waals surface area contributed by atoms with Crippen LogP contribution in [0.5, 0.6) is 11.8 Å². The van der Waals surface area contributed by atoms with Crippen molar-refractivity contribution in [1.29, 1.82) is 0 Å². The van der Waals surface area contributed by atoms with Crippen LogP contribution >= 0.6 is 0 Å². The first kappa shape index (κ1) is 15.6. The summed E-state index contributed by atoms with van der Waals surface area (Å²) in [5, 5.41) is 10.2. The van der Waals surface area contributed by atoms with E-state index in [0.29, 0.717) is 19.1 Å². The van der Waals surface area contributed by atoms with E-state index in [0.717, 1.165) is 0 Å². The van der Waals surface area contributed by atoms with E-state index >= 15 is 0 Å². The van der Waals surface area contributed by atoms with E-state index in [1.165, 1.54) is 20.4 Å². The van der Waals surface area contributed by atoms with Gasteiger partial charge < -0.3 is 24.1 Å². The SMILES string of the molecule is CCOC(OCC)C(O)c1ncc(OC)nc1OC. The van der Waals surface area contributed by atoms with Crippen molar-refractivity contribution in [2.45, 2.75) is 26.2 Å². The molecule has 0 aromatic carbocycles. The molecule has 1 heterocycles. The maximum absolute atomic E-state index is 10.2. The standard InChI is InChI=1S/C12H20N2O5/c1-5-18-12(19-6-2)10(15)9-11(17-4)14-8(16-3)7-13-9/h7,10,12,15H,5-6H2,1-4H3. The van der Waals surface area contributed by atoms with E-state index in [1.54, 1.807) is 0 Å². The summed E-state index contributed by atoms with van der Waals surface area (Å²) >= 11 is 0. The van der Waals surface area contributed by atoms with Crippen molar-refractivity contribution in [2.75, 3.05) is 27.4 Å². The molecule has 1 N–H and O–H groups in total. The van der Waals surface area contributed by atoms with Crippen LogP contribution in [0.4, 0.5) is 0 Å². The number of nitrogens with zero attached hydrogens (tertiary/aromatic N) is 2. The first-order chi connectivity index (χ1) is 9.17. The lowest BCUT2D eigenvalue weighted by Gasteiger charge is -2.22. The van der Waals surface area contributed by atoms with Gasteiger partial charge in [0.25, 0.3) is 0 Å². The molecule has 0 spiro atoms. The molecule has 1 rings (SSSR count). The number of ether oxygens (including phenoxy) is 4. The number of rotatable bonds is 8. The molecule has 1 aromatic heterocycles. The summed E-state index contributed by atoms with van der Waals surface area (Å²) in [6.45, 7) is 4.45. The normalized spacial score (nSPS) is 12.5. The van der Waals surface area contributed by atoms with Crippen LogP contribution in [-0.4, -0.2) is 48.8 Å². The summed E-state index contributed by atoms with van der Waals surface area (Å²) < 4.78 is 20.7. The van der Waals surface area contributed by atoms with Crippen molar-refractivity contribution in [2.24, 2.45) is 0 Å². The van der Waals surface area contributed by atoms with Crippen LogP contribution in [0.15, 0.2) is 6.20 Å². The minimum absolute atomic E-state index is 0.177. The van der Waals surface area contributed by atoms with Gasteiger partial charge in [-0.05, 0) is 13.8 Å². The van der Waals surface area contributed by atoms with Crippen molar-refractivity contribution in [3.63, 3.8) is 0 Å². The first-order valence-electron chi connectivity index (χ1n) is 6.04. The Kier molecular flexibility index (Phi) is 6.48. The van der Waals surface area contributed by atoms with Gasteiger partial charge in [0.2, 0.25) is 11.8 Å². The lowest BCUT2D eigenvalue weighted by atomic mass is 10.2. The van der Waals surface area contributed by atoms with Crippen LogP contribution in [0.25, 0.3) is 0 Å². The third kappa shape index (κ3) is 4.02. The van der Waals surface area contributed by atoms with Crippen molar-refractivity contribution in [3.05, 3.63) is 11.9 Å². The Morgan fingerprint density at radius 1 is 1.16 bits per heavy atom. The summed E-state index contributed by atoms with van der Waals surface area (Å²) in [5.74, 6) is 0.480. The molecule has 1 aromatic rings. The second kappa shape index (κ2) is 7.88. The second-order valence-corrected chi connectivity index (χ2v) is 3.53. The van der Waals surface area contributed by atoms with E-state index < -0.39 is 12.4 Å². The molecule has 0 radical (unpaired) electrons. The van der Waals surface area contributed by atoms with Gasteiger partial charge in [0.1, 0.15) is 5.69 Å². The molecule has 7 heteroatoms. The van der Waals surface area contributed by atoms with E-state index in [2.05, 4.69) is 9.97 Å². The van der Waals surface area contributed by atoms with E-state index in [-0.39, 0.29) is 11.6 Å². The minimum Gasteiger partial charge on any atom is -0.480 e. The molecule has 7 nitrogen and oxygen atoms in total. The molecule has 0 aliphatic carbocycles. The van der Waals surface area contributed by atoms with Gasteiger partial charge in [-0.2, -0.15) is 4.98 Å². The van der Waals surface area contributed by atoms with Gasteiger partial charge in [-0.1, -0.05) is 0 Å². The second-order valence-electron chi connectivity index (χ2n) is 3.53. The number of methoxy groups -OCH3 is 2. The summed E-state index contributed by atoms with van der Waals surface area (Å²) in [4.78, 5) is 8.14. The molecule has 1 unspecified atom stereocenters. The average molecular weight is 272 g/mol. The molecular formula is C12H20N2O5. The van der Waals surface area contributed by atoms with Crippen molar-refractivity contribution < 1.29 is 24.1 Å². The summed E-state index contributed by atoms with van der Waals surface area (Å²) in [5.41, 5.74) is 0.246. The molecule has 108 valence electrons. The fourth-order valence-corrected chi connectivity index (χ4v) is 1.51. The predicted molar refractivity (Wildman–Crippen MR) is 67.1 cm³/mol. The monoisotopic (exact) mass is 272 g/mol. The highest BCUT2D eigenvalue weighted by atomic mass is 16.7. The summed E-state index contributed by atoms with van der Waals surface area (Å²) in [6.07, 6.45) is -0.504. The molecule has 0 saturated heterocycles. The topological polar surface area (TPSA) is 82.9 Å². The minimum atomic E-state index is -1.09. The van der Waals surface area contributed by atoms with E-state index in [9.17, 15) is 5.11 Å². The Morgan fingerprint density at radius 2 is 1.79 bits per heavy atom. The number of aliphatic hydroxyl groups is 1. The van der Waals surface area contributed by atoms with Gasteiger partial charge in [-0.25, -0.2) is 4.98 Å². The van der Waals surface area contributed by atoms with Crippen LogP contribution in [-0.2, 0) is 9.47 Å². The number of hydrogen-bond donors (Lipinski definition) is 1. The van der Waals surface area contributed by atoms with Crippen molar-refractivity contribution in [3.8, 4) is 11.8 Å². The maximum atomic E-state index is 10.2. The maximum Gasteiger partial charge on any atom is 0.241 e. The van der Waals surface area contributed by atoms with Crippen LogP contribution in [0.3, 0.4) is 0 Å². The van der Waals surface area contributed by atoms with Gasteiger partial charge in [-0.3, -0.25) is 0 Å². The zero-order chi connectivity index (χ0) is 14.3. The van der Waals surface area contributed by atoms with Crippen LogP contribution < -0.4 is 9.47 Å². The van der Waals surface area contributed by atoms with Gasteiger partial charge >= 0.3 is 0 Å². The van der Waals surface area contributed by atoms with Crippen LogP contribution in [0.2, 0.25) is 0 Å². The average Bonchev–Trinajstić information content (AvgIpc) is 2.45. The van der Waals surface area contributed by atoms with Gasteiger partial charge in [0.05, 0.1) is 20.4 Å². The molecule has 0 fully saturated rings. The van der Waals surface area contributed by atoms with Crippen LogP contribution in [0.1, 0.15) is 25.6 Å².